The van der Waals surface area contributed by atoms with Gasteiger partial charge in [-0.25, -0.2) is 15.0 Å². The van der Waals surface area contributed by atoms with E-state index in [4.69, 9.17) is 19.7 Å². The number of hydrogen-bond acceptors (Lipinski definition) is 4. The van der Waals surface area contributed by atoms with E-state index in [0.29, 0.717) is 11.7 Å². The highest BCUT2D eigenvalue weighted by Crippen LogP contribution is 2.50. The molecule has 0 N–H and O–H groups in total. The average molecular weight is 510 g/mol. The van der Waals surface area contributed by atoms with Crippen molar-refractivity contribution >= 4 is 10.8 Å². The zero-order valence-corrected chi connectivity index (χ0v) is 24.9. The number of aryl methyl sites for hydroxylation is 2. The maximum atomic E-state index is 6.86. The molecule has 0 radical (unpaired) electrons. The number of nitrogens with zero attached hydrogens (tertiary/aromatic N) is 4. The van der Waals surface area contributed by atoms with E-state index in [2.05, 4.69) is 111 Å². The fraction of sp³-hybridized carbons (Fsp3) is 0.455. The van der Waals surface area contributed by atoms with Crippen LogP contribution in [0.2, 0.25) is 0 Å². The first-order valence-corrected chi connectivity index (χ1v) is 13.7. The number of fused-ring (bicyclic) bond motifs is 2. The van der Waals surface area contributed by atoms with Gasteiger partial charge in [-0.2, -0.15) is 4.57 Å². The second-order valence-corrected chi connectivity index (χ2v) is 13.4. The van der Waals surface area contributed by atoms with Crippen LogP contribution in [0, 0.1) is 19.8 Å². The normalized spacial score (nSPS) is 13.2. The summed E-state index contributed by atoms with van der Waals surface area (Å²) >= 11 is 0. The molecule has 1 aliphatic heterocycles. The Hall–Kier alpha value is -3.34. The Labute approximate surface area is 227 Å². The molecule has 38 heavy (non-hydrogen) atoms. The topological polar surface area (TPSA) is 51.8 Å². The number of ether oxygens (including phenoxy) is 1. The number of hydrogen-bond donors (Lipinski definition) is 0. The van der Waals surface area contributed by atoms with Crippen LogP contribution < -0.4 is 9.30 Å². The minimum Gasteiger partial charge on any atom is -0.449 e. The molecule has 5 heteroatoms. The molecule has 0 unspecified atom stereocenters. The summed E-state index contributed by atoms with van der Waals surface area (Å²) in [5.74, 6) is 4.53. The number of rotatable bonds is 3. The van der Waals surface area contributed by atoms with Crippen LogP contribution in [-0.4, -0.2) is 15.0 Å². The van der Waals surface area contributed by atoms with E-state index in [1.807, 2.05) is 0 Å². The van der Waals surface area contributed by atoms with Gasteiger partial charge >= 0.3 is 0 Å². The first kappa shape index (κ1) is 26.3. The van der Waals surface area contributed by atoms with Crippen LogP contribution in [0.5, 0.6) is 11.5 Å². The molecule has 4 aromatic rings. The van der Waals surface area contributed by atoms with Gasteiger partial charge in [0.2, 0.25) is 5.75 Å². The van der Waals surface area contributed by atoms with Crippen molar-refractivity contribution in [3.05, 3.63) is 58.8 Å². The van der Waals surface area contributed by atoms with Gasteiger partial charge in [0.15, 0.2) is 12.0 Å². The van der Waals surface area contributed by atoms with Gasteiger partial charge in [-0.3, -0.25) is 0 Å². The third-order valence-corrected chi connectivity index (χ3v) is 7.37. The largest absolute Gasteiger partial charge is 0.449 e. The van der Waals surface area contributed by atoms with Gasteiger partial charge in [-0.1, -0.05) is 67.5 Å². The van der Waals surface area contributed by atoms with Crippen molar-refractivity contribution in [2.75, 3.05) is 0 Å². The van der Waals surface area contributed by atoms with Gasteiger partial charge in [0.1, 0.15) is 24.4 Å². The van der Waals surface area contributed by atoms with Crippen molar-refractivity contribution in [2.45, 2.75) is 86.5 Å². The van der Waals surface area contributed by atoms with E-state index >= 15 is 0 Å². The maximum absolute atomic E-state index is 6.86. The van der Waals surface area contributed by atoms with Crippen LogP contribution in [0.4, 0.5) is 0 Å². The third-order valence-electron chi connectivity index (χ3n) is 7.37. The van der Waals surface area contributed by atoms with E-state index in [0.717, 1.165) is 40.8 Å². The van der Waals surface area contributed by atoms with Gasteiger partial charge in [0, 0.05) is 22.3 Å². The summed E-state index contributed by atoms with van der Waals surface area (Å²) < 4.78 is 9.03. The number of benzene rings is 2. The van der Waals surface area contributed by atoms with Crippen LogP contribution in [0.25, 0.3) is 33.4 Å². The van der Waals surface area contributed by atoms with Crippen molar-refractivity contribution < 1.29 is 9.30 Å². The zero-order chi connectivity index (χ0) is 27.7. The first-order valence-electron chi connectivity index (χ1n) is 13.7. The molecule has 0 bridgehead atoms. The summed E-state index contributed by atoms with van der Waals surface area (Å²) in [6, 6.07) is 8.95. The first-order chi connectivity index (χ1) is 17.6. The molecule has 0 spiro atoms. The van der Waals surface area contributed by atoms with Crippen LogP contribution in [-0.2, 0) is 24.3 Å². The lowest BCUT2D eigenvalue weighted by molar-refractivity contribution is -0.660. The highest BCUT2D eigenvalue weighted by Gasteiger charge is 2.34. The number of aromatic nitrogens is 4. The molecule has 1 aliphatic rings. The Kier molecular flexibility index (Phi) is 6.13. The summed E-state index contributed by atoms with van der Waals surface area (Å²) in [4.78, 5) is 14.9. The van der Waals surface area contributed by atoms with Crippen LogP contribution in [0.15, 0.2) is 30.5 Å². The molecular weight excluding hydrogens is 468 g/mol. The van der Waals surface area contributed by atoms with E-state index < -0.39 is 0 Å². The quantitative estimate of drug-likeness (QED) is 0.234. The molecule has 0 saturated carbocycles. The monoisotopic (exact) mass is 509 g/mol. The standard InChI is InChI=1S/C33H41N4O/c1-18(2)14-21-16-22-15-19(3)20(4)25-26(22)24(17-21)38-28-23(12-13-37(11)27(25)28)29-34-30(32(5,6)7)36-31(35-29)33(8,9)10/h12-13,15-18H,14H2,1-11H3/q+1. The molecule has 0 aliphatic carbocycles. The van der Waals surface area contributed by atoms with E-state index in [-0.39, 0.29) is 10.8 Å². The zero-order valence-electron chi connectivity index (χ0n) is 24.9. The molecule has 5 rings (SSSR count). The SMILES string of the molecule is Cc1cc2cc(CC(C)C)cc3c2c(c1C)-c1c(c(-c2nc(C(C)(C)C)nc(C(C)(C)C)n2)cc[n+]1C)O3. The van der Waals surface area contributed by atoms with Crippen LogP contribution in [0.3, 0.4) is 0 Å². The second-order valence-electron chi connectivity index (χ2n) is 13.4. The molecule has 0 atom stereocenters. The van der Waals surface area contributed by atoms with Crippen molar-refractivity contribution in [1.29, 1.82) is 0 Å². The Morgan fingerprint density at radius 2 is 1.53 bits per heavy atom. The van der Waals surface area contributed by atoms with E-state index in [1.165, 1.54) is 33.0 Å². The molecule has 2 aromatic heterocycles. The molecule has 198 valence electrons. The second kappa shape index (κ2) is 8.86. The van der Waals surface area contributed by atoms with Crippen molar-refractivity contribution in [3.63, 3.8) is 0 Å². The highest BCUT2D eigenvalue weighted by atomic mass is 16.5. The lowest BCUT2D eigenvalue weighted by Crippen LogP contribution is -2.32. The predicted octanol–water partition coefficient (Wildman–Crippen LogP) is 7.70. The van der Waals surface area contributed by atoms with Crippen LogP contribution >= 0.6 is 0 Å². The summed E-state index contributed by atoms with van der Waals surface area (Å²) in [6.07, 6.45) is 3.11. The van der Waals surface area contributed by atoms with E-state index in [9.17, 15) is 0 Å². The smallest absolute Gasteiger partial charge is 0.257 e. The molecular formula is C33H41N4O+. The third kappa shape index (κ3) is 4.46. The van der Waals surface area contributed by atoms with Crippen LogP contribution in [0.1, 0.15) is 83.7 Å². The number of pyridine rings is 1. The molecule has 0 saturated heterocycles. The van der Waals surface area contributed by atoms with Gasteiger partial charge in [0.05, 0.1) is 11.1 Å². The van der Waals surface area contributed by atoms with Crippen molar-refractivity contribution in [3.8, 4) is 34.1 Å². The maximum Gasteiger partial charge on any atom is 0.257 e. The Balaban J connectivity index is 1.84. The van der Waals surface area contributed by atoms with E-state index in [1.54, 1.807) is 0 Å². The Bertz CT molecular complexity index is 1550. The highest BCUT2D eigenvalue weighted by molar-refractivity contribution is 6.05. The molecule has 5 nitrogen and oxygen atoms in total. The summed E-state index contributed by atoms with van der Waals surface area (Å²) in [6.45, 7) is 21.8. The summed E-state index contributed by atoms with van der Waals surface area (Å²) in [5.41, 5.74) is 6.62. The summed E-state index contributed by atoms with van der Waals surface area (Å²) in [5, 5.41) is 2.42. The fourth-order valence-corrected chi connectivity index (χ4v) is 5.24. The van der Waals surface area contributed by atoms with Gasteiger partial charge in [0.25, 0.3) is 5.69 Å². The van der Waals surface area contributed by atoms with Crippen molar-refractivity contribution in [2.24, 2.45) is 13.0 Å². The van der Waals surface area contributed by atoms with Gasteiger partial charge in [-0.15, -0.1) is 0 Å². The summed E-state index contributed by atoms with van der Waals surface area (Å²) in [7, 11) is 2.09. The average Bonchev–Trinajstić information content (AvgIpc) is 2.80. The van der Waals surface area contributed by atoms with Gasteiger partial charge in [-0.05, 0) is 54.3 Å². The minimum atomic E-state index is -0.213. The predicted molar refractivity (Wildman–Crippen MR) is 155 cm³/mol. The van der Waals surface area contributed by atoms with Crippen molar-refractivity contribution in [1.82, 2.24) is 15.0 Å². The minimum absolute atomic E-state index is 0.213. The molecule has 2 aromatic carbocycles. The molecule has 0 fully saturated rings. The lowest BCUT2D eigenvalue weighted by atomic mass is 9.88. The fourth-order valence-electron chi connectivity index (χ4n) is 5.24. The van der Waals surface area contributed by atoms with Gasteiger partial charge < -0.3 is 4.74 Å². The molecule has 0 amide bonds. The Morgan fingerprint density at radius 3 is 2.11 bits per heavy atom. The lowest BCUT2D eigenvalue weighted by Gasteiger charge is -2.25. The Morgan fingerprint density at radius 1 is 0.895 bits per heavy atom. The molecule has 3 heterocycles.